The molecule has 3 rings (SSSR count). The molecule has 2 aromatic heterocycles. The highest BCUT2D eigenvalue weighted by molar-refractivity contribution is 5.84. The van der Waals surface area contributed by atoms with E-state index < -0.39 is 31.1 Å². The molecule has 4 unspecified atom stereocenters. The van der Waals surface area contributed by atoms with Crippen molar-refractivity contribution >= 4 is 22.9 Å². The Morgan fingerprint density at radius 3 is 2.71 bits per heavy atom. The van der Waals surface area contributed by atoms with Gasteiger partial charge < -0.3 is 31.2 Å². The smallest absolute Gasteiger partial charge is 0.204 e. The number of nitrogens with zero attached hydrogens (tertiary/aromatic N) is 4. The van der Waals surface area contributed by atoms with Crippen molar-refractivity contribution in [2.75, 3.05) is 17.8 Å². The Balaban J connectivity index is 2.11. The molecule has 0 aliphatic carbocycles. The number of aromatic nitrogens is 4. The number of imidazole rings is 1. The Hall–Kier alpha value is -2.05. The van der Waals surface area contributed by atoms with E-state index in [1.807, 2.05) is 0 Å². The fourth-order valence-corrected chi connectivity index (χ4v) is 2.38. The summed E-state index contributed by atoms with van der Waals surface area (Å²) in [5.74, 6) is 5.61. The van der Waals surface area contributed by atoms with E-state index in [1.54, 1.807) is 0 Å². The summed E-state index contributed by atoms with van der Waals surface area (Å²) in [5, 5.41) is 29.0. The number of aliphatic hydroxyl groups excluding tert-OH is 3. The van der Waals surface area contributed by atoms with Crippen LogP contribution in [0.25, 0.3) is 11.2 Å². The highest BCUT2D eigenvalue weighted by atomic mass is 16.6. The van der Waals surface area contributed by atoms with Gasteiger partial charge in [-0.15, -0.1) is 0 Å². The van der Waals surface area contributed by atoms with E-state index in [-0.39, 0.29) is 17.4 Å². The van der Waals surface area contributed by atoms with Crippen molar-refractivity contribution in [3.63, 3.8) is 0 Å². The highest BCUT2D eigenvalue weighted by Crippen LogP contribution is 2.34. The van der Waals surface area contributed by atoms with Crippen molar-refractivity contribution in [2.45, 2.75) is 24.5 Å². The van der Waals surface area contributed by atoms with Crippen LogP contribution in [0, 0.1) is 0 Å². The molecule has 2 aromatic rings. The minimum Gasteiger partial charge on any atom is -0.394 e. The van der Waals surface area contributed by atoms with E-state index >= 15 is 0 Å². The number of nitrogens with one attached hydrogen (secondary N) is 1. The number of hydrazine groups is 1. The molecule has 1 fully saturated rings. The maximum atomic E-state index is 10.1. The van der Waals surface area contributed by atoms with Crippen LogP contribution in [0.5, 0.6) is 0 Å². The second-order valence-corrected chi connectivity index (χ2v) is 4.61. The first kappa shape index (κ1) is 13.9. The summed E-state index contributed by atoms with van der Waals surface area (Å²) < 4.78 is 6.74. The van der Waals surface area contributed by atoms with Gasteiger partial charge in [-0.1, -0.05) is 0 Å². The van der Waals surface area contributed by atoms with E-state index in [0.717, 1.165) is 0 Å². The van der Waals surface area contributed by atoms with E-state index in [4.69, 9.17) is 21.4 Å². The predicted octanol–water partition coefficient (Wildman–Crippen LogP) is -2.69. The van der Waals surface area contributed by atoms with Crippen LogP contribution in [0.2, 0.25) is 0 Å². The van der Waals surface area contributed by atoms with Crippen LogP contribution < -0.4 is 17.0 Å². The first-order valence-corrected chi connectivity index (χ1v) is 6.16. The number of hydrogen-bond acceptors (Lipinski definition) is 10. The Bertz CT molecular complexity index is 662. The molecule has 114 valence electrons. The molecule has 1 aliphatic rings. The highest BCUT2D eigenvalue weighted by Gasteiger charge is 2.44. The Morgan fingerprint density at radius 2 is 2.10 bits per heavy atom. The number of hydrogen-bond donors (Lipinski definition) is 6. The second-order valence-electron chi connectivity index (χ2n) is 4.61. The van der Waals surface area contributed by atoms with Gasteiger partial charge in [-0.2, -0.15) is 0 Å². The van der Waals surface area contributed by atoms with Crippen LogP contribution in [-0.2, 0) is 4.74 Å². The second kappa shape index (κ2) is 5.05. The van der Waals surface area contributed by atoms with Crippen molar-refractivity contribution in [1.29, 1.82) is 0 Å². The average Bonchev–Trinajstić information content (AvgIpc) is 2.96. The lowest BCUT2D eigenvalue weighted by Crippen LogP contribution is -2.33. The number of rotatable bonds is 3. The molecule has 8 N–H and O–H groups in total. The Labute approximate surface area is 118 Å². The minimum absolute atomic E-state index is 0.0110. The molecule has 21 heavy (non-hydrogen) atoms. The molecule has 3 heterocycles. The largest absolute Gasteiger partial charge is 0.394 e. The van der Waals surface area contributed by atoms with Crippen LogP contribution >= 0.6 is 0 Å². The van der Waals surface area contributed by atoms with Gasteiger partial charge >= 0.3 is 0 Å². The first-order chi connectivity index (χ1) is 10.1. The Morgan fingerprint density at radius 1 is 1.33 bits per heavy atom. The van der Waals surface area contributed by atoms with Gasteiger partial charge in [0.05, 0.1) is 6.61 Å². The molecular weight excluding hydrogens is 282 g/mol. The van der Waals surface area contributed by atoms with Crippen LogP contribution in [0.4, 0.5) is 11.8 Å². The monoisotopic (exact) mass is 297 g/mol. The third kappa shape index (κ3) is 1.99. The zero-order valence-electron chi connectivity index (χ0n) is 10.8. The zero-order valence-corrected chi connectivity index (χ0v) is 10.8. The number of fused-ring (bicyclic) bond motifs is 1. The summed E-state index contributed by atoms with van der Waals surface area (Å²) in [5.41, 5.74) is 8.78. The maximum absolute atomic E-state index is 10.1. The minimum atomic E-state index is -1.29. The van der Waals surface area contributed by atoms with E-state index in [0.29, 0.717) is 5.52 Å². The van der Waals surface area contributed by atoms with Gasteiger partial charge in [-0.05, 0) is 0 Å². The van der Waals surface area contributed by atoms with Gasteiger partial charge in [0.2, 0.25) is 5.95 Å². The molecule has 1 aliphatic heterocycles. The van der Waals surface area contributed by atoms with Gasteiger partial charge in [-0.25, -0.2) is 20.8 Å². The molecule has 0 bridgehead atoms. The number of nitrogen functional groups attached to an aromatic ring is 2. The van der Waals surface area contributed by atoms with E-state index in [2.05, 4.69) is 20.4 Å². The van der Waals surface area contributed by atoms with E-state index in [9.17, 15) is 10.2 Å². The number of aliphatic hydroxyl groups is 3. The quantitative estimate of drug-likeness (QED) is 0.258. The summed E-state index contributed by atoms with van der Waals surface area (Å²) in [6.07, 6.45) is -3.23. The Kier molecular flexibility index (Phi) is 3.35. The van der Waals surface area contributed by atoms with Crippen LogP contribution in [0.15, 0.2) is 6.33 Å². The molecule has 11 heteroatoms. The third-order valence-electron chi connectivity index (χ3n) is 3.41. The van der Waals surface area contributed by atoms with Crippen molar-refractivity contribution in [3.8, 4) is 0 Å². The average molecular weight is 297 g/mol. The lowest BCUT2D eigenvalue weighted by Gasteiger charge is -2.17. The van der Waals surface area contributed by atoms with Gasteiger partial charge in [0.1, 0.15) is 24.6 Å². The van der Waals surface area contributed by atoms with Gasteiger partial charge in [0.15, 0.2) is 23.2 Å². The summed E-state index contributed by atoms with van der Waals surface area (Å²) >= 11 is 0. The summed E-state index contributed by atoms with van der Waals surface area (Å²) in [6.45, 7) is -0.439. The summed E-state index contributed by atoms with van der Waals surface area (Å²) in [7, 11) is 0. The normalized spacial score (nSPS) is 29.1. The zero-order chi connectivity index (χ0) is 15.1. The SMILES string of the molecule is NNc1ncnc2c1nc(N)n2C1OC(CO)C(O)C1O. The number of nitrogens with two attached hydrogens (primary N) is 2. The molecule has 0 radical (unpaired) electrons. The molecule has 4 atom stereocenters. The van der Waals surface area contributed by atoms with Gasteiger partial charge in [0.25, 0.3) is 0 Å². The summed E-state index contributed by atoms with van der Waals surface area (Å²) in [6, 6.07) is 0. The fourth-order valence-electron chi connectivity index (χ4n) is 2.38. The number of ether oxygens (including phenoxy) is 1. The van der Waals surface area contributed by atoms with Gasteiger partial charge in [0, 0.05) is 0 Å². The lowest BCUT2D eigenvalue weighted by atomic mass is 10.1. The van der Waals surface area contributed by atoms with E-state index in [1.165, 1.54) is 10.9 Å². The molecule has 11 nitrogen and oxygen atoms in total. The standard InChI is InChI=1S/C10H15N7O4/c11-10-15-4-7(16-12)13-2-14-8(4)17(10)9-6(20)5(19)3(1-18)21-9/h2-3,5-6,9,18-20H,1,12H2,(H2,11,15)(H,13,14,16). The molecular formula is C10H15N7O4. The lowest BCUT2D eigenvalue weighted by molar-refractivity contribution is -0.0500. The molecule has 0 saturated carbocycles. The molecule has 0 amide bonds. The molecule has 0 spiro atoms. The van der Waals surface area contributed by atoms with Crippen molar-refractivity contribution < 1.29 is 20.1 Å². The summed E-state index contributed by atoms with van der Waals surface area (Å²) in [4.78, 5) is 12.0. The van der Waals surface area contributed by atoms with Gasteiger partial charge in [-0.3, -0.25) is 4.57 Å². The third-order valence-corrected chi connectivity index (χ3v) is 3.41. The maximum Gasteiger partial charge on any atom is 0.204 e. The first-order valence-electron chi connectivity index (χ1n) is 6.16. The molecule has 0 aromatic carbocycles. The predicted molar refractivity (Wildman–Crippen MR) is 70.6 cm³/mol. The van der Waals surface area contributed by atoms with Crippen molar-refractivity contribution in [2.24, 2.45) is 5.84 Å². The van der Waals surface area contributed by atoms with Crippen molar-refractivity contribution in [3.05, 3.63) is 6.33 Å². The topological polar surface area (TPSA) is 178 Å². The fraction of sp³-hybridized carbons (Fsp3) is 0.500. The van der Waals surface area contributed by atoms with Crippen LogP contribution in [-0.4, -0.2) is 59.8 Å². The number of anilines is 2. The van der Waals surface area contributed by atoms with Crippen LogP contribution in [0.3, 0.4) is 0 Å². The van der Waals surface area contributed by atoms with Crippen LogP contribution in [0.1, 0.15) is 6.23 Å². The molecule has 1 saturated heterocycles. The van der Waals surface area contributed by atoms with Crippen molar-refractivity contribution in [1.82, 2.24) is 19.5 Å².